The highest BCUT2D eigenvalue weighted by Crippen LogP contribution is 2.15. The van der Waals surface area contributed by atoms with Crippen molar-refractivity contribution in [3.05, 3.63) is 92.6 Å². The van der Waals surface area contributed by atoms with Gasteiger partial charge in [0.25, 0.3) is 0 Å². The van der Waals surface area contributed by atoms with Crippen LogP contribution in [0.1, 0.15) is 72.5 Å². The highest BCUT2D eigenvalue weighted by atomic mass is 16.5. The first-order valence-electron chi connectivity index (χ1n) is 12.9. The van der Waals surface area contributed by atoms with E-state index in [0.717, 1.165) is 51.4 Å². The second kappa shape index (κ2) is 13.4. The molecule has 4 aromatic rings. The number of esters is 2. The predicted molar refractivity (Wildman–Crippen MR) is 142 cm³/mol. The molecular formula is C30H30O8. The van der Waals surface area contributed by atoms with Crippen LogP contribution in [-0.2, 0) is 9.47 Å². The van der Waals surface area contributed by atoms with Crippen LogP contribution < -0.4 is 10.9 Å². The van der Waals surface area contributed by atoms with Crippen LogP contribution in [-0.4, -0.2) is 25.2 Å². The van der Waals surface area contributed by atoms with Crippen molar-refractivity contribution < 1.29 is 27.9 Å². The zero-order chi connectivity index (χ0) is 26.7. The van der Waals surface area contributed by atoms with Crippen LogP contribution in [0.4, 0.5) is 0 Å². The first kappa shape index (κ1) is 26.9. The summed E-state index contributed by atoms with van der Waals surface area (Å²) in [4.78, 5) is 48.6. The lowest BCUT2D eigenvalue weighted by atomic mass is 10.1. The summed E-state index contributed by atoms with van der Waals surface area (Å²) in [6.45, 7) is 0.552. The van der Waals surface area contributed by atoms with Crippen LogP contribution in [0.15, 0.2) is 79.1 Å². The van der Waals surface area contributed by atoms with E-state index in [4.69, 9.17) is 18.3 Å². The Balaban J connectivity index is 1.03. The van der Waals surface area contributed by atoms with Gasteiger partial charge < -0.3 is 18.3 Å². The molecule has 8 nitrogen and oxygen atoms in total. The summed E-state index contributed by atoms with van der Waals surface area (Å²) in [5.41, 5.74) is 0.192. The Kier molecular flexibility index (Phi) is 9.45. The largest absolute Gasteiger partial charge is 0.460 e. The Hall–Kier alpha value is -4.20. The van der Waals surface area contributed by atoms with Crippen LogP contribution in [0.25, 0.3) is 21.9 Å². The third-order valence-electron chi connectivity index (χ3n) is 6.18. The summed E-state index contributed by atoms with van der Waals surface area (Å²) in [5.74, 6) is -1.42. The number of unbranched alkanes of at least 4 members (excludes halogenated alkanes) is 7. The number of carbonyl (C=O) groups is 2. The Bertz CT molecular complexity index is 1400. The second-order valence-corrected chi connectivity index (χ2v) is 9.04. The van der Waals surface area contributed by atoms with Crippen molar-refractivity contribution in [2.24, 2.45) is 0 Å². The normalized spacial score (nSPS) is 11.1. The average Bonchev–Trinajstić information content (AvgIpc) is 2.93. The molecule has 0 spiro atoms. The smallest absolute Gasteiger partial charge is 0.374 e. The SMILES string of the molecule is O=C(OCCCCCCCCCCOC(=O)c1cc(=O)c2ccccc2o1)c1cc(=O)c2ccccc2o1. The number of para-hydroxylation sites is 2. The summed E-state index contributed by atoms with van der Waals surface area (Å²) in [5, 5.41) is 0.863. The van der Waals surface area contributed by atoms with Crippen LogP contribution in [0.2, 0.25) is 0 Å². The van der Waals surface area contributed by atoms with E-state index in [1.807, 2.05) is 0 Å². The van der Waals surface area contributed by atoms with Gasteiger partial charge in [-0.2, -0.15) is 0 Å². The Morgan fingerprint density at radius 2 is 0.921 bits per heavy atom. The van der Waals surface area contributed by atoms with E-state index in [1.54, 1.807) is 48.5 Å². The molecule has 2 aromatic heterocycles. The van der Waals surface area contributed by atoms with Gasteiger partial charge in [0.05, 0.1) is 24.0 Å². The fourth-order valence-corrected chi connectivity index (χ4v) is 4.15. The molecule has 2 aromatic carbocycles. The van der Waals surface area contributed by atoms with E-state index < -0.39 is 11.9 Å². The lowest BCUT2D eigenvalue weighted by Crippen LogP contribution is -2.11. The van der Waals surface area contributed by atoms with E-state index in [1.165, 1.54) is 12.1 Å². The number of hydrogen-bond donors (Lipinski definition) is 0. The number of ether oxygens (including phenoxy) is 2. The highest BCUT2D eigenvalue weighted by molar-refractivity contribution is 5.89. The topological polar surface area (TPSA) is 113 Å². The minimum Gasteiger partial charge on any atom is -0.460 e. The van der Waals surface area contributed by atoms with Gasteiger partial charge in [-0.15, -0.1) is 0 Å². The summed E-state index contributed by atoms with van der Waals surface area (Å²) in [6.07, 6.45) is 7.53. The van der Waals surface area contributed by atoms with Gasteiger partial charge in [0, 0.05) is 12.1 Å². The van der Waals surface area contributed by atoms with Crippen LogP contribution in [0.5, 0.6) is 0 Å². The molecule has 0 amide bonds. The highest BCUT2D eigenvalue weighted by Gasteiger charge is 2.14. The monoisotopic (exact) mass is 518 g/mol. The molecule has 4 rings (SSSR count). The first-order chi connectivity index (χ1) is 18.5. The van der Waals surface area contributed by atoms with Crippen LogP contribution in [0, 0.1) is 0 Å². The van der Waals surface area contributed by atoms with E-state index >= 15 is 0 Å². The third-order valence-corrected chi connectivity index (χ3v) is 6.18. The molecule has 0 aliphatic carbocycles. The standard InChI is InChI=1S/C30H30O8/c31-23-19-27(37-25-15-9-7-13-21(23)25)29(33)35-17-11-5-3-1-2-4-6-12-18-36-30(34)28-20-24(32)22-14-8-10-16-26(22)38-28/h7-10,13-16,19-20H,1-6,11-12,17-18H2. The van der Waals surface area contributed by atoms with Crippen molar-refractivity contribution in [2.75, 3.05) is 13.2 Å². The maximum absolute atomic E-state index is 12.2. The molecule has 0 aliphatic rings. The van der Waals surface area contributed by atoms with Gasteiger partial charge in [0.1, 0.15) is 11.2 Å². The van der Waals surface area contributed by atoms with E-state index in [0.29, 0.717) is 21.9 Å². The van der Waals surface area contributed by atoms with E-state index in [9.17, 15) is 19.2 Å². The summed E-state index contributed by atoms with van der Waals surface area (Å²) >= 11 is 0. The molecule has 0 aliphatic heterocycles. The van der Waals surface area contributed by atoms with Crippen LogP contribution in [0.3, 0.4) is 0 Å². The van der Waals surface area contributed by atoms with Crippen molar-refractivity contribution in [3.8, 4) is 0 Å². The number of carbonyl (C=O) groups excluding carboxylic acids is 2. The average molecular weight is 519 g/mol. The predicted octanol–water partition coefficient (Wildman–Crippen LogP) is 6.03. The fourth-order valence-electron chi connectivity index (χ4n) is 4.15. The van der Waals surface area contributed by atoms with E-state index in [2.05, 4.69) is 0 Å². The second-order valence-electron chi connectivity index (χ2n) is 9.04. The zero-order valence-corrected chi connectivity index (χ0v) is 21.1. The molecule has 0 bridgehead atoms. The molecule has 0 N–H and O–H groups in total. The minimum absolute atomic E-state index is 0.0822. The van der Waals surface area contributed by atoms with Crippen LogP contribution >= 0.6 is 0 Å². The fraction of sp³-hybridized carbons (Fsp3) is 0.333. The summed E-state index contributed by atoms with van der Waals surface area (Å²) in [6, 6.07) is 15.9. The molecule has 0 unspecified atom stereocenters. The lowest BCUT2D eigenvalue weighted by Gasteiger charge is -2.06. The van der Waals surface area contributed by atoms with Gasteiger partial charge in [-0.1, -0.05) is 62.8 Å². The van der Waals surface area contributed by atoms with Gasteiger partial charge in [-0.3, -0.25) is 9.59 Å². The summed E-state index contributed by atoms with van der Waals surface area (Å²) < 4.78 is 21.5. The molecule has 0 saturated carbocycles. The number of hydrogen-bond acceptors (Lipinski definition) is 8. The molecule has 0 fully saturated rings. The molecule has 2 heterocycles. The molecule has 0 saturated heterocycles. The number of rotatable bonds is 13. The Morgan fingerprint density at radius 1 is 0.553 bits per heavy atom. The maximum Gasteiger partial charge on any atom is 0.374 e. The number of benzene rings is 2. The molecule has 0 radical (unpaired) electrons. The summed E-state index contributed by atoms with van der Waals surface area (Å²) in [7, 11) is 0. The maximum atomic E-state index is 12.2. The van der Waals surface area contributed by atoms with Crippen molar-refractivity contribution >= 4 is 33.9 Å². The quantitative estimate of drug-likeness (QED) is 0.156. The first-order valence-corrected chi connectivity index (χ1v) is 12.9. The molecule has 38 heavy (non-hydrogen) atoms. The zero-order valence-electron chi connectivity index (χ0n) is 21.1. The van der Waals surface area contributed by atoms with Crippen molar-refractivity contribution in [2.45, 2.75) is 51.4 Å². The minimum atomic E-state index is -0.628. The van der Waals surface area contributed by atoms with E-state index in [-0.39, 0.29) is 35.6 Å². The van der Waals surface area contributed by atoms with Gasteiger partial charge in [0.2, 0.25) is 11.5 Å². The van der Waals surface area contributed by atoms with Gasteiger partial charge in [-0.05, 0) is 37.1 Å². The van der Waals surface area contributed by atoms with Crippen molar-refractivity contribution in [3.63, 3.8) is 0 Å². The Morgan fingerprint density at radius 3 is 1.34 bits per heavy atom. The van der Waals surface area contributed by atoms with Crippen molar-refractivity contribution in [1.82, 2.24) is 0 Å². The number of fused-ring (bicyclic) bond motifs is 2. The lowest BCUT2D eigenvalue weighted by molar-refractivity contribution is 0.0452. The van der Waals surface area contributed by atoms with Gasteiger partial charge in [-0.25, -0.2) is 9.59 Å². The molecule has 198 valence electrons. The van der Waals surface area contributed by atoms with Gasteiger partial charge in [0.15, 0.2) is 10.9 Å². The third kappa shape index (κ3) is 7.18. The Labute approximate surface area is 219 Å². The molecule has 8 heteroatoms. The van der Waals surface area contributed by atoms with Gasteiger partial charge >= 0.3 is 11.9 Å². The molecule has 0 atom stereocenters. The van der Waals surface area contributed by atoms with Crippen molar-refractivity contribution in [1.29, 1.82) is 0 Å². The molecular weight excluding hydrogens is 488 g/mol.